The van der Waals surface area contributed by atoms with Gasteiger partial charge in [0, 0.05) is 19.6 Å². The quantitative estimate of drug-likeness (QED) is 0.407. The Kier molecular flexibility index (Phi) is 7.72. The van der Waals surface area contributed by atoms with Crippen molar-refractivity contribution in [1.29, 1.82) is 0 Å². The SMILES string of the molecule is O=C(COc1ccc(S(=O)(=O)N2CCCc3ccccc32)cc1Cl)N1CCC(Cc2ccccc2)CC1. The van der Waals surface area contributed by atoms with Crippen molar-refractivity contribution in [1.82, 2.24) is 4.90 Å². The fourth-order valence-electron chi connectivity index (χ4n) is 5.20. The van der Waals surface area contributed by atoms with Crippen LogP contribution in [0.15, 0.2) is 77.7 Å². The van der Waals surface area contributed by atoms with E-state index in [2.05, 4.69) is 24.3 Å². The van der Waals surface area contributed by atoms with Crippen molar-refractivity contribution in [3.63, 3.8) is 0 Å². The van der Waals surface area contributed by atoms with Gasteiger partial charge in [-0.3, -0.25) is 9.10 Å². The number of fused-ring (bicyclic) bond motifs is 1. The average Bonchev–Trinajstić information content (AvgIpc) is 2.93. The van der Waals surface area contributed by atoms with Gasteiger partial charge in [0.05, 0.1) is 15.6 Å². The number of sulfonamides is 1. The molecular weight excluding hydrogens is 508 g/mol. The van der Waals surface area contributed by atoms with E-state index in [1.807, 2.05) is 35.2 Å². The topological polar surface area (TPSA) is 66.9 Å². The van der Waals surface area contributed by atoms with E-state index >= 15 is 0 Å². The summed E-state index contributed by atoms with van der Waals surface area (Å²) in [4.78, 5) is 14.7. The Hall–Kier alpha value is -3.03. The molecule has 0 N–H and O–H groups in total. The van der Waals surface area contributed by atoms with Crippen molar-refractivity contribution in [2.45, 2.75) is 37.0 Å². The van der Waals surface area contributed by atoms with Gasteiger partial charge in [-0.15, -0.1) is 0 Å². The largest absolute Gasteiger partial charge is 0.482 e. The summed E-state index contributed by atoms with van der Waals surface area (Å²) >= 11 is 6.41. The van der Waals surface area contributed by atoms with Gasteiger partial charge in [0.2, 0.25) is 0 Å². The molecule has 0 aromatic heterocycles. The van der Waals surface area contributed by atoms with E-state index in [4.69, 9.17) is 16.3 Å². The third-order valence-electron chi connectivity index (χ3n) is 7.24. The molecule has 3 aromatic rings. The number of ether oxygens (including phenoxy) is 1. The number of hydrogen-bond donors (Lipinski definition) is 0. The molecule has 8 heteroatoms. The maximum absolute atomic E-state index is 13.4. The molecule has 37 heavy (non-hydrogen) atoms. The summed E-state index contributed by atoms with van der Waals surface area (Å²) in [5.74, 6) is 0.783. The van der Waals surface area contributed by atoms with Crippen LogP contribution >= 0.6 is 11.6 Å². The maximum atomic E-state index is 13.4. The van der Waals surface area contributed by atoms with Gasteiger partial charge in [0.15, 0.2) is 6.61 Å². The Balaban J connectivity index is 1.17. The Morgan fingerprint density at radius 3 is 2.43 bits per heavy atom. The van der Waals surface area contributed by atoms with Crippen molar-refractivity contribution in [2.24, 2.45) is 5.92 Å². The molecule has 0 aliphatic carbocycles. The summed E-state index contributed by atoms with van der Waals surface area (Å²) in [7, 11) is -3.77. The molecule has 0 unspecified atom stereocenters. The van der Waals surface area contributed by atoms with Gasteiger partial charge in [-0.1, -0.05) is 60.1 Å². The summed E-state index contributed by atoms with van der Waals surface area (Å²) in [6, 6.07) is 22.4. The molecule has 0 bridgehead atoms. The third kappa shape index (κ3) is 5.78. The molecule has 5 rings (SSSR count). The van der Waals surface area contributed by atoms with Crippen LogP contribution in [0.5, 0.6) is 5.75 Å². The van der Waals surface area contributed by atoms with E-state index in [0.717, 1.165) is 37.7 Å². The second-order valence-electron chi connectivity index (χ2n) is 9.70. The lowest BCUT2D eigenvalue weighted by atomic mass is 9.90. The zero-order chi connectivity index (χ0) is 25.8. The minimum absolute atomic E-state index is 0.0872. The van der Waals surface area contributed by atoms with Crippen LogP contribution in [0.1, 0.15) is 30.4 Å². The monoisotopic (exact) mass is 538 g/mol. The predicted molar refractivity (Wildman–Crippen MR) is 146 cm³/mol. The Morgan fingerprint density at radius 2 is 1.68 bits per heavy atom. The Labute approximate surface area is 223 Å². The molecular formula is C29H31ClN2O4S. The Morgan fingerprint density at radius 1 is 0.946 bits per heavy atom. The highest BCUT2D eigenvalue weighted by molar-refractivity contribution is 7.92. The molecule has 194 valence electrons. The van der Waals surface area contributed by atoms with Crippen LogP contribution in [0.25, 0.3) is 0 Å². The first-order valence-corrected chi connectivity index (χ1v) is 14.6. The first-order valence-electron chi connectivity index (χ1n) is 12.8. The van der Waals surface area contributed by atoms with Crippen molar-refractivity contribution in [3.05, 3.63) is 88.9 Å². The highest BCUT2D eigenvalue weighted by atomic mass is 35.5. The summed E-state index contributed by atoms with van der Waals surface area (Å²) in [6.45, 7) is 1.71. The molecule has 0 radical (unpaired) electrons. The van der Waals surface area contributed by atoms with Gasteiger partial charge in [0.1, 0.15) is 5.75 Å². The first-order chi connectivity index (χ1) is 17.9. The molecule has 2 aliphatic heterocycles. The number of hydrogen-bond acceptors (Lipinski definition) is 4. The normalized spacial score (nSPS) is 16.4. The lowest BCUT2D eigenvalue weighted by Gasteiger charge is -2.32. The molecule has 1 fully saturated rings. The van der Waals surface area contributed by atoms with E-state index < -0.39 is 10.0 Å². The predicted octanol–water partition coefficient (Wildman–Crippen LogP) is 5.34. The van der Waals surface area contributed by atoms with E-state index in [9.17, 15) is 13.2 Å². The van der Waals surface area contributed by atoms with E-state index in [0.29, 0.717) is 37.0 Å². The van der Waals surface area contributed by atoms with Gasteiger partial charge < -0.3 is 9.64 Å². The van der Waals surface area contributed by atoms with E-state index in [-0.39, 0.29) is 22.4 Å². The Bertz CT molecular complexity index is 1360. The molecule has 0 atom stereocenters. The zero-order valence-electron chi connectivity index (χ0n) is 20.7. The molecule has 1 amide bonds. The number of carbonyl (C=O) groups is 1. The van der Waals surface area contributed by atoms with Gasteiger partial charge >= 0.3 is 0 Å². The standard InChI is InChI=1S/C29H31ClN2O4S/c30-26-20-25(37(34,35)32-16-6-10-24-9-4-5-11-27(24)32)12-13-28(26)36-21-29(33)31-17-14-23(15-18-31)19-22-7-2-1-3-8-22/h1-5,7-9,11-13,20,23H,6,10,14-19,21H2. The van der Waals surface area contributed by atoms with Crippen LogP contribution in [-0.4, -0.2) is 45.5 Å². The molecule has 3 aromatic carbocycles. The molecule has 6 nitrogen and oxygen atoms in total. The number of rotatable bonds is 7. The molecule has 1 saturated heterocycles. The van der Waals surface area contributed by atoms with Crippen LogP contribution in [0.3, 0.4) is 0 Å². The first kappa shape index (κ1) is 25.6. The van der Waals surface area contributed by atoms with Gasteiger partial charge in [-0.05, 0) is 73.4 Å². The second-order valence-corrected chi connectivity index (χ2v) is 12.0. The number of aryl methyl sites for hydroxylation is 1. The van der Waals surface area contributed by atoms with Gasteiger partial charge in [-0.25, -0.2) is 8.42 Å². The van der Waals surface area contributed by atoms with Crippen LogP contribution < -0.4 is 9.04 Å². The van der Waals surface area contributed by atoms with E-state index in [1.54, 1.807) is 0 Å². The zero-order valence-corrected chi connectivity index (χ0v) is 22.3. The highest BCUT2D eigenvalue weighted by Crippen LogP contribution is 2.34. The highest BCUT2D eigenvalue weighted by Gasteiger charge is 2.30. The average molecular weight is 539 g/mol. The number of anilines is 1. The molecule has 0 spiro atoms. The van der Waals surface area contributed by atoms with Crippen molar-refractivity contribution in [2.75, 3.05) is 30.5 Å². The minimum Gasteiger partial charge on any atom is -0.482 e. The number of likely N-dealkylation sites (tertiary alicyclic amines) is 1. The summed E-state index contributed by atoms with van der Waals surface area (Å²) < 4.78 is 33.9. The van der Waals surface area contributed by atoms with Crippen LogP contribution in [0.4, 0.5) is 5.69 Å². The number of amides is 1. The molecule has 0 saturated carbocycles. The fraction of sp³-hybridized carbons (Fsp3) is 0.345. The number of benzene rings is 3. The molecule has 2 heterocycles. The smallest absolute Gasteiger partial charge is 0.264 e. The fourth-order valence-corrected chi connectivity index (χ4v) is 7.07. The summed E-state index contributed by atoms with van der Waals surface area (Å²) in [5.41, 5.74) is 3.06. The van der Waals surface area contributed by atoms with Crippen molar-refractivity contribution < 1.29 is 17.9 Å². The van der Waals surface area contributed by atoms with Crippen LogP contribution in [0, 0.1) is 5.92 Å². The number of nitrogens with zero attached hydrogens (tertiary/aromatic N) is 2. The molecule has 2 aliphatic rings. The maximum Gasteiger partial charge on any atom is 0.264 e. The lowest BCUT2D eigenvalue weighted by Crippen LogP contribution is -2.41. The van der Waals surface area contributed by atoms with Crippen molar-refractivity contribution >= 4 is 33.2 Å². The van der Waals surface area contributed by atoms with Crippen LogP contribution in [-0.2, 0) is 27.7 Å². The van der Waals surface area contributed by atoms with Gasteiger partial charge in [0.25, 0.3) is 15.9 Å². The number of piperidine rings is 1. The third-order valence-corrected chi connectivity index (χ3v) is 9.35. The number of para-hydroxylation sites is 1. The van der Waals surface area contributed by atoms with Crippen LogP contribution in [0.2, 0.25) is 5.02 Å². The number of carbonyl (C=O) groups excluding carboxylic acids is 1. The van der Waals surface area contributed by atoms with Crippen molar-refractivity contribution in [3.8, 4) is 5.75 Å². The number of halogens is 1. The van der Waals surface area contributed by atoms with E-state index in [1.165, 1.54) is 28.1 Å². The minimum atomic E-state index is -3.77. The second kappa shape index (κ2) is 11.2. The summed E-state index contributed by atoms with van der Waals surface area (Å²) in [6.07, 6.45) is 4.58. The summed E-state index contributed by atoms with van der Waals surface area (Å²) in [5, 5.41) is 0.167. The lowest BCUT2D eigenvalue weighted by molar-refractivity contribution is -0.134. The van der Waals surface area contributed by atoms with Gasteiger partial charge in [-0.2, -0.15) is 0 Å².